The highest BCUT2D eigenvalue weighted by atomic mass is 16.6. The summed E-state index contributed by atoms with van der Waals surface area (Å²) in [5, 5.41) is 90.4. The van der Waals surface area contributed by atoms with Crippen molar-refractivity contribution in [2.24, 2.45) is 0 Å². The minimum absolute atomic E-state index is 0.449. The number of carbonyl (C=O) groups is 3. The fourth-order valence-corrected chi connectivity index (χ4v) is 3.07. The van der Waals surface area contributed by atoms with E-state index >= 15 is 0 Å². The number of benzene rings is 1. The molecule has 0 aromatic heterocycles. The Morgan fingerprint density at radius 1 is 0.893 bits per heavy atom. The number of rotatable bonds is 1. The molecule has 0 saturated carbocycles. The topological polar surface area (TPSA) is 275 Å². The van der Waals surface area contributed by atoms with Gasteiger partial charge in [0.2, 0.25) is 5.75 Å². The maximum atomic E-state index is 12.6. The summed E-state index contributed by atoms with van der Waals surface area (Å²) in [7, 11) is 0. The van der Waals surface area contributed by atoms with Crippen molar-refractivity contribution in [2.45, 2.75) is 23.5 Å². The van der Waals surface area contributed by atoms with Crippen LogP contribution in [0.15, 0.2) is 0 Å². The van der Waals surface area contributed by atoms with Gasteiger partial charge in [0.15, 0.2) is 17.5 Å². The van der Waals surface area contributed by atoms with Crippen molar-refractivity contribution in [3.05, 3.63) is 11.1 Å². The van der Waals surface area contributed by atoms with Crippen molar-refractivity contribution >= 4 is 23.4 Å². The molecular formula is C13H13N3O12. The third kappa shape index (κ3) is 1.99. The normalized spacial score (nSPS) is 24.9. The Bertz CT molecular complexity index is 953. The number of nitrogen functional groups attached to an aromatic ring is 1. The number of amides is 3. The van der Waals surface area contributed by atoms with Crippen LogP contribution in [0.25, 0.3) is 0 Å². The Morgan fingerprint density at radius 2 is 1.43 bits per heavy atom. The number of piperidine rings is 1. The molecule has 1 aromatic carbocycles. The maximum absolute atomic E-state index is 12.6. The lowest BCUT2D eigenvalue weighted by atomic mass is 9.90. The van der Waals surface area contributed by atoms with E-state index in [0.29, 0.717) is 0 Å². The molecule has 1 saturated heterocycles. The summed E-state index contributed by atoms with van der Waals surface area (Å²) in [6.07, 6.45) is 0. The molecule has 12 N–H and O–H groups in total. The van der Waals surface area contributed by atoms with Crippen LogP contribution in [-0.4, -0.2) is 86.2 Å². The Morgan fingerprint density at radius 3 is 1.96 bits per heavy atom. The first kappa shape index (κ1) is 19.5. The van der Waals surface area contributed by atoms with E-state index in [4.69, 9.17) is 5.73 Å². The van der Waals surface area contributed by atoms with Gasteiger partial charge in [-0.05, 0) is 0 Å². The minimum Gasteiger partial charge on any atom is -0.504 e. The van der Waals surface area contributed by atoms with Crippen LogP contribution in [0.5, 0.6) is 17.2 Å². The van der Waals surface area contributed by atoms with Crippen LogP contribution in [0.3, 0.4) is 0 Å². The van der Waals surface area contributed by atoms with E-state index in [1.807, 2.05) is 0 Å². The van der Waals surface area contributed by atoms with E-state index < -0.39 is 80.2 Å². The predicted octanol–water partition coefficient (Wildman–Crippen LogP) is -5.68. The SMILES string of the molecule is Nc1c(O)c(O)c(O)c2c1C(O)(O)N(C1C(=O)NC(=O)C(O)(O)C1(O)O)C2=O. The zero-order chi connectivity index (χ0) is 21.6. The van der Waals surface area contributed by atoms with Crippen LogP contribution >= 0.6 is 0 Å². The molecule has 0 bridgehead atoms. The quantitative estimate of drug-likeness (QED) is 0.0686. The first-order valence-electron chi connectivity index (χ1n) is 7.20. The summed E-state index contributed by atoms with van der Waals surface area (Å²) in [6.45, 7) is 0. The molecule has 2 heterocycles. The number of imide groups is 1. The van der Waals surface area contributed by atoms with Gasteiger partial charge in [-0.15, -0.1) is 0 Å². The number of anilines is 1. The molecule has 3 amide bonds. The second-order valence-electron chi connectivity index (χ2n) is 6.14. The molecule has 1 unspecified atom stereocenters. The number of hydrogen-bond donors (Lipinski definition) is 11. The van der Waals surface area contributed by atoms with Crippen molar-refractivity contribution in [3.63, 3.8) is 0 Å². The van der Waals surface area contributed by atoms with Crippen LogP contribution in [0.2, 0.25) is 0 Å². The van der Waals surface area contributed by atoms with E-state index in [2.05, 4.69) is 0 Å². The number of nitrogens with one attached hydrogen (secondary N) is 1. The number of phenols is 3. The number of nitrogens with zero attached hydrogens (tertiary/aromatic N) is 1. The predicted molar refractivity (Wildman–Crippen MR) is 79.4 cm³/mol. The van der Waals surface area contributed by atoms with Gasteiger partial charge in [0.1, 0.15) is 0 Å². The molecule has 3 rings (SSSR count). The van der Waals surface area contributed by atoms with E-state index in [0.717, 1.165) is 0 Å². The fraction of sp³-hybridized carbons (Fsp3) is 0.308. The number of aromatic hydroxyl groups is 3. The Kier molecular flexibility index (Phi) is 3.62. The lowest BCUT2D eigenvalue weighted by Crippen LogP contribution is -2.80. The van der Waals surface area contributed by atoms with E-state index in [1.165, 1.54) is 5.32 Å². The van der Waals surface area contributed by atoms with Crippen LogP contribution < -0.4 is 11.1 Å². The molecule has 0 spiro atoms. The van der Waals surface area contributed by atoms with Gasteiger partial charge in [-0.25, -0.2) is 0 Å². The number of aliphatic hydroxyl groups is 6. The minimum atomic E-state index is -4.19. The highest BCUT2D eigenvalue weighted by Crippen LogP contribution is 2.53. The lowest BCUT2D eigenvalue weighted by molar-refractivity contribution is -0.373. The summed E-state index contributed by atoms with van der Waals surface area (Å²) in [5.74, 6) is -21.6. The Labute approximate surface area is 152 Å². The third-order valence-electron chi connectivity index (χ3n) is 4.52. The zero-order valence-electron chi connectivity index (χ0n) is 13.4. The molecule has 15 heteroatoms. The van der Waals surface area contributed by atoms with Crippen molar-refractivity contribution in [3.8, 4) is 17.2 Å². The van der Waals surface area contributed by atoms with Gasteiger partial charge in [0.25, 0.3) is 29.4 Å². The number of carbonyl (C=O) groups excluding carboxylic acids is 3. The molecule has 0 radical (unpaired) electrons. The fourth-order valence-electron chi connectivity index (χ4n) is 3.07. The summed E-state index contributed by atoms with van der Waals surface area (Å²) in [4.78, 5) is 35.7. The molecule has 1 fully saturated rings. The smallest absolute Gasteiger partial charge is 0.303 e. The molecule has 15 nitrogen and oxygen atoms in total. The molecule has 152 valence electrons. The first-order chi connectivity index (χ1) is 12.6. The molecule has 1 aromatic rings. The number of hydrogen-bond acceptors (Lipinski definition) is 13. The lowest BCUT2D eigenvalue weighted by Gasteiger charge is -2.47. The molecule has 28 heavy (non-hydrogen) atoms. The summed E-state index contributed by atoms with van der Waals surface area (Å²) >= 11 is 0. The van der Waals surface area contributed by atoms with E-state index in [9.17, 15) is 60.3 Å². The van der Waals surface area contributed by atoms with Gasteiger partial charge in [-0.2, -0.15) is 0 Å². The van der Waals surface area contributed by atoms with Gasteiger partial charge in [0.05, 0.1) is 16.8 Å². The van der Waals surface area contributed by atoms with Crippen LogP contribution in [0.1, 0.15) is 15.9 Å². The average molecular weight is 403 g/mol. The van der Waals surface area contributed by atoms with E-state index in [-0.39, 0.29) is 0 Å². The Balaban J connectivity index is 2.29. The number of fused-ring (bicyclic) bond motifs is 1. The molecule has 0 aliphatic carbocycles. The second-order valence-corrected chi connectivity index (χ2v) is 6.14. The molecule has 2 aliphatic heterocycles. The summed E-state index contributed by atoms with van der Waals surface area (Å²) in [5.41, 5.74) is 2.06. The zero-order valence-corrected chi connectivity index (χ0v) is 13.4. The molecule has 1 atom stereocenters. The maximum Gasteiger partial charge on any atom is 0.303 e. The third-order valence-corrected chi connectivity index (χ3v) is 4.52. The monoisotopic (exact) mass is 403 g/mol. The molecule has 2 aliphatic rings. The summed E-state index contributed by atoms with van der Waals surface area (Å²) < 4.78 is 0. The van der Waals surface area contributed by atoms with Crippen LogP contribution in [0, 0.1) is 0 Å². The number of phenolic OH excluding ortho intramolecular Hbond substituents is 3. The van der Waals surface area contributed by atoms with Crippen molar-refractivity contribution in [1.29, 1.82) is 0 Å². The standard InChI is InChI=1S/C13H13N3O12/c14-3-2-1(4(17)6(19)5(3)18)9(21)16(13(2,27)28)7-8(20)15-10(22)12(25,26)11(7,23)24/h7,17-19,23-28H,14H2,(H,15,20,22). The van der Waals surface area contributed by atoms with Crippen LogP contribution in [0.4, 0.5) is 5.69 Å². The van der Waals surface area contributed by atoms with Gasteiger partial charge < -0.3 is 51.7 Å². The van der Waals surface area contributed by atoms with E-state index in [1.54, 1.807) is 0 Å². The van der Waals surface area contributed by atoms with Gasteiger partial charge in [-0.3, -0.25) is 24.6 Å². The Hall–Kier alpha value is -3.21. The largest absolute Gasteiger partial charge is 0.504 e. The van der Waals surface area contributed by atoms with Gasteiger partial charge in [-0.1, -0.05) is 0 Å². The van der Waals surface area contributed by atoms with Crippen molar-refractivity contribution in [1.82, 2.24) is 10.2 Å². The summed E-state index contributed by atoms with van der Waals surface area (Å²) in [6, 6.07) is -2.96. The van der Waals surface area contributed by atoms with Gasteiger partial charge in [0, 0.05) is 0 Å². The number of nitrogens with two attached hydrogens (primary N) is 1. The highest BCUT2D eigenvalue weighted by Gasteiger charge is 2.71. The van der Waals surface area contributed by atoms with Gasteiger partial charge >= 0.3 is 5.79 Å². The van der Waals surface area contributed by atoms with Crippen molar-refractivity contribution in [2.75, 3.05) is 5.73 Å². The molecular weight excluding hydrogens is 390 g/mol. The van der Waals surface area contributed by atoms with Crippen LogP contribution in [-0.2, 0) is 15.5 Å². The average Bonchev–Trinajstić information content (AvgIpc) is 2.77. The highest BCUT2D eigenvalue weighted by molar-refractivity contribution is 6.11. The van der Waals surface area contributed by atoms with Crippen molar-refractivity contribution < 1.29 is 60.3 Å². The first-order valence-corrected chi connectivity index (χ1v) is 7.20. The second kappa shape index (κ2) is 5.19.